The van der Waals surface area contributed by atoms with Crippen molar-refractivity contribution < 1.29 is 13.9 Å². The van der Waals surface area contributed by atoms with Crippen LogP contribution in [0.3, 0.4) is 0 Å². The predicted molar refractivity (Wildman–Crippen MR) is 77.4 cm³/mol. The molecule has 0 radical (unpaired) electrons. The lowest BCUT2D eigenvalue weighted by molar-refractivity contribution is 0.0526. The van der Waals surface area contributed by atoms with Gasteiger partial charge in [0.25, 0.3) is 0 Å². The number of hydrogen-bond acceptors (Lipinski definition) is 3. The Morgan fingerprint density at radius 1 is 1.24 bits per heavy atom. The molecule has 0 unspecified atom stereocenters. The first-order chi connectivity index (χ1) is 10.2. The Hall–Kier alpha value is -2.69. The number of halogens is 1. The average molecular weight is 284 g/mol. The van der Waals surface area contributed by atoms with Gasteiger partial charge in [0.15, 0.2) is 0 Å². The van der Waals surface area contributed by atoms with Crippen molar-refractivity contribution in [2.24, 2.45) is 0 Å². The second kappa shape index (κ2) is 5.36. The molecule has 106 valence electrons. The molecule has 3 rings (SSSR count). The Bertz CT molecular complexity index is 794. The summed E-state index contributed by atoms with van der Waals surface area (Å²) in [5, 5.41) is 7.94. The molecule has 0 amide bonds. The number of aromatic nitrogens is 2. The van der Waals surface area contributed by atoms with Crippen LogP contribution in [-0.4, -0.2) is 22.8 Å². The number of ether oxygens (including phenoxy) is 1. The average Bonchev–Trinajstić information content (AvgIpc) is 2.91. The molecule has 1 heterocycles. The molecule has 0 aliphatic carbocycles. The standard InChI is InChI=1S/C16H13FN2O2/c1-2-21-16(20)11-5-8-14-13(9-11)15(19-18-14)10-3-6-12(17)7-4-10/h3-9H,2H2,1H3,(H,18,19). The molecular formula is C16H13FN2O2. The molecule has 0 atom stereocenters. The van der Waals surface area contributed by atoms with Crippen molar-refractivity contribution in [3.05, 3.63) is 53.8 Å². The normalized spacial score (nSPS) is 10.8. The Morgan fingerprint density at radius 3 is 2.71 bits per heavy atom. The van der Waals surface area contributed by atoms with Gasteiger partial charge in [-0.15, -0.1) is 0 Å². The van der Waals surface area contributed by atoms with Crippen LogP contribution in [0.15, 0.2) is 42.5 Å². The first-order valence-electron chi connectivity index (χ1n) is 6.60. The molecule has 0 aliphatic rings. The van der Waals surface area contributed by atoms with Gasteiger partial charge in [-0.05, 0) is 49.4 Å². The molecule has 0 fully saturated rings. The molecule has 5 heteroatoms. The Kier molecular flexibility index (Phi) is 3.39. The van der Waals surface area contributed by atoms with E-state index in [-0.39, 0.29) is 11.8 Å². The van der Waals surface area contributed by atoms with Gasteiger partial charge in [-0.3, -0.25) is 5.10 Å². The van der Waals surface area contributed by atoms with Crippen LogP contribution >= 0.6 is 0 Å². The number of fused-ring (bicyclic) bond motifs is 1. The van der Waals surface area contributed by atoms with E-state index < -0.39 is 0 Å². The largest absolute Gasteiger partial charge is 0.462 e. The molecule has 0 saturated carbocycles. The second-order valence-electron chi connectivity index (χ2n) is 4.56. The van der Waals surface area contributed by atoms with E-state index in [2.05, 4.69) is 10.2 Å². The molecule has 4 nitrogen and oxygen atoms in total. The van der Waals surface area contributed by atoms with Crippen LogP contribution in [0.2, 0.25) is 0 Å². The third kappa shape index (κ3) is 2.50. The summed E-state index contributed by atoms with van der Waals surface area (Å²) in [5.74, 6) is -0.670. The summed E-state index contributed by atoms with van der Waals surface area (Å²) in [5.41, 5.74) is 2.73. The van der Waals surface area contributed by atoms with E-state index in [1.165, 1.54) is 12.1 Å². The number of benzene rings is 2. The maximum Gasteiger partial charge on any atom is 0.338 e. The van der Waals surface area contributed by atoms with Crippen LogP contribution in [0.25, 0.3) is 22.2 Å². The minimum Gasteiger partial charge on any atom is -0.462 e. The van der Waals surface area contributed by atoms with Gasteiger partial charge in [-0.2, -0.15) is 5.10 Å². The van der Waals surface area contributed by atoms with Gasteiger partial charge in [-0.1, -0.05) is 0 Å². The lowest BCUT2D eigenvalue weighted by atomic mass is 10.1. The summed E-state index contributed by atoms with van der Waals surface area (Å²) >= 11 is 0. The third-order valence-electron chi connectivity index (χ3n) is 3.19. The first-order valence-corrected chi connectivity index (χ1v) is 6.60. The van der Waals surface area contributed by atoms with E-state index in [0.29, 0.717) is 17.9 Å². The molecule has 0 bridgehead atoms. The fourth-order valence-corrected chi connectivity index (χ4v) is 2.18. The van der Waals surface area contributed by atoms with Crippen LogP contribution in [-0.2, 0) is 4.74 Å². The summed E-state index contributed by atoms with van der Waals surface area (Å²) in [4.78, 5) is 11.8. The third-order valence-corrected chi connectivity index (χ3v) is 3.19. The van der Waals surface area contributed by atoms with E-state index in [1.54, 1.807) is 37.3 Å². The van der Waals surface area contributed by atoms with Crippen LogP contribution in [0, 0.1) is 5.82 Å². The van der Waals surface area contributed by atoms with E-state index in [4.69, 9.17) is 4.74 Å². The van der Waals surface area contributed by atoms with Gasteiger partial charge >= 0.3 is 5.97 Å². The molecule has 0 aliphatic heterocycles. The molecule has 1 N–H and O–H groups in total. The molecule has 0 saturated heterocycles. The number of rotatable bonds is 3. The SMILES string of the molecule is CCOC(=O)c1ccc2[nH]nc(-c3ccc(F)cc3)c2c1. The fourth-order valence-electron chi connectivity index (χ4n) is 2.18. The van der Waals surface area contributed by atoms with Crippen LogP contribution in [0.4, 0.5) is 4.39 Å². The summed E-state index contributed by atoms with van der Waals surface area (Å²) in [7, 11) is 0. The monoisotopic (exact) mass is 284 g/mol. The van der Waals surface area contributed by atoms with Crippen molar-refractivity contribution in [3.63, 3.8) is 0 Å². The Balaban J connectivity index is 2.09. The highest BCUT2D eigenvalue weighted by Gasteiger charge is 2.12. The summed E-state index contributed by atoms with van der Waals surface area (Å²) in [6.07, 6.45) is 0. The van der Waals surface area contributed by atoms with Gasteiger partial charge in [0.2, 0.25) is 0 Å². The number of carbonyl (C=O) groups is 1. The van der Waals surface area contributed by atoms with Gasteiger partial charge < -0.3 is 4.74 Å². The Labute approximate surface area is 120 Å². The van der Waals surface area contributed by atoms with Gasteiger partial charge in [0.05, 0.1) is 23.4 Å². The fraction of sp³-hybridized carbons (Fsp3) is 0.125. The maximum atomic E-state index is 13.0. The number of esters is 1. The summed E-state index contributed by atoms with van der Waals surface area (Å²) < 4.78 is 18.0. The number of carbonyl (C=O) groups excluding carboxylic acids is 1. The Morgan fingerprint density at radius 2 is 2.00 bits per heavy atom. The van der Waals surface area contributed by atoms with Crippen molar-refractivity contribution >= 4 is 16.9 Å². The number of H-pyrrole nitrogens is 1. The lowest BCUT2D eigenvalue weighted by Crippen LogP contribution is -2.04. The maximum absolute atomic E-state index is 13.0. The lowest BCUT2D eigenvalue weighted by Gasteiger charge is -2.02. The molecule has 21 heavy (non-hydrogen) atoms. The molecule has 3 aromatic rings. The van der Waals surface area contributed by atoms with Crippen molar-refractivity contribution in [3.8, 4) is 11.3 Å². The topological polar surface area (TPSA) is 55.0 Å². The predicted octanol–water partition coefficient (Wildman–Crippen LogP) is 3.55. The van der Waals surface area contributed by atoms with Crippen LogP contribution in [0.5, 0.6) is 0 Å². The highest BCUT2D eigenvalue weighted by atomic mass is 19.1. The van der Waals surface area contributed by atoms with Crippen molar-refractivity contribution in [2.45, 2.75) is 6.92 Å². The van der Waals surface area contributed by atoms with Crippen molar-refractivity contribution in [1.29, 1.82) is 0 Å². The smallest absolute Gasteiger partial charge is 0.338 e. The highest BCUT2D eigenvalue weighted by molar-refractivity contribution is 5.99. The number of hydrogen-bond donors (Lipinski definition) is 1. The van der Waals surface area contributed by atoms with E-state index in [9.17, 15) is 9.18 Å². The number of nitrogens with one attached hydrogen (secondary N) is 1. The second-order valence-corrected chi connectivity index (χ2v) is 4.56. The van der Waals surface area contributed by atoms with Gasteiger partial charge in [0, 0.05) is 10.9 Å². The number of nitrogens with zero attached hydrogens (tertiary/aromatic N) is 1. The zero-order valence-electron chi connectivity index (χ0n) is 11.4. The van der Waals surface area contributed by atoms with Gasteiger partial charge in [-0.25, -0.2) is 9.18 Å². The van der Waals surface area contributed by atoms with Crippen molar-refractivity contribution in [2.75, 3.05) is 6.61 Å². The molecule has 0 spiro atoms. The first kappa shape index (κ1) is 13.3. The van der Waals surface area contributed by atoms with E-state index in [0.717, 1.165) is 16.5 Å². The summed E-state index contributed by atoms with van der Waals surface area (Å²) in [6, 6.07) is 11.3. The minimum atomic E-state index is -0.370. The van der Waals surface area contributed by atoms with E-state index >= 15 is 0 Å². The highest BCUT2D eigenvalue weighted by Crippen LogP contribution is 2.27. The quantitative estimate of drug-likeness (QED) is 0.748. The summed E-state index contributed by atoms with van der Waals surface area (Å²) in [6.45, 7) is 2.09. The molecule has 1 aromatic heterocycles. The zero-order valence-corrected chi connectivity index (χ0v) is 11.4. The molecule has 2 aromatic carbocycles. The number of aromatic amines is 1. The van der Waals surface area contributed by atoms with Crippen molar-refractivity contribution in [1.82, 2.24) is 10.2 Å². The van der Waals surface area contributed by atoms with Gasteiger partial charge in [0.1, 0.15) is 5.82 Å². The van der Waals surface area contributed by atoms with E-state index in [1.807, 2.05) is 0 Å². The zero-order chi connectivity index (χ0) is 14.8. The van der Waals surface area contributed by atoms with Crippen LogP contribution in [0.1, 0.15) is 17.3 Å². The molecular weight excluding hydrogens is 271 g/mol. The minimum absolute atomic E-state index is 0.300. The van der Waals surface area contributed by atoms with Crippen LogP contribution < -0.4 is 0 Å².